The second kappa shape index (κ2) is 3.68. The Kier molecular flexibility index (Phi) is 2.18. The number of nitrogens with zero attached hydrogens (tertiary/aromatic N) is 4. The molecule has 1 fully saturated rings. The van der Waals surface area contributed by atoms with E-state index in [9.17, 15) is 0 Å². The topological polar surface area (TPSA) is 55.6 Å². The van der Waals surface area contributed by atoms with Gasteiger partial charge in [0.1, 0.15) is 5.82 Å². The molecule has 1 aliphatic heterocycles. The van der Waals surface area contributed by atoms with Crippen molar-refractivity contribution in [2.45, 2.75) is 5.92 Å². The Morgan fingerprint density at radius 1 is 1.31 bits per heavy atom. The highest BCUT2D eigenvalue weighted by Gasteiger charge is 2.24. The highest BCUT2D eigenvalue weighted by Crippen LogP contribution is 2.21. The average molecular weight is 215 g/mol. The standard InChI is InChI=1S/C11H13N5/c1-16-11(9-6-13-7-9)14-10(15-16)8-2-4-12-5-3-8/h2-5,9,13H,6-7H2,1H3. The van der Waals surface area contributed by atoms with Crippen molar-refractivity contribution in [2.75, 3.05) is 13.1 Å². The van der Waals surface area contributed by atoms with Gasteiger partial charge in [0, 0.05) is 44.0 Å². The van der Waals surface area contributed by atoms with E-state index in [0.717, 1.165) is 30.3 Å². The molecule has 0 bridgehead atoms. The van der Waals surface area contributed by atoms with Crippen LogP contribution in [0.2, 0.25) is 0 Å². The van der Waals surface area contributed by atoms with Crippen molar-refractivity contribution in [3.05, 3.63) is 30.4 Å². The molecule has 5 nitrogen and oxygen atoms in total. The van der Waals surface area contributed by atoms with E-state index in [-0.39, 0.29) is 0 Å². The molecular formula is C11H13N5. The highest BCUT2D eigenvalue weighted by atomic mass is 15.3. The molecule has 1 saturated heterocycles. The molecule has 0 aromatic carbocycles. The molecule has 0 aliphatic carbocycles. The van der Waals surface area contributed by atoms with Gasteiger partial charge in [0.05, 0.1) is 0 Å². The van der Waals surface area contributed by atoms with Crippen LogP contribution in [0.1, 0.15) is 11.7 Å². The summed E-state index contributed by atoms with van der Waals surface area (Å²) in [5.74, 6) is 2.35. The van der Waals surface area contributed by atoms with Crippen LogP contribution < -0.4 is 5.32 Å². The first kappa shape index (κ1) is 9.47. The maximum atomic E-state index is 4.59. The molecule has 1 aliphatic rings. The third-order valence-electron chi connectivity index (χ3n) is 2.88. The van der Waals surface area contributed by atoms with Crippen molar-refractivity contribution in [2.24, 2.45) is 7.05 Å². The number of rotatable bonds is 2. The lowest BCUT2D eigenvalue weighted by molar-refractivity contribution is 0.416. The third kappa shape index (κ3) is 1.49. The van der Waals surface area contributed by atoms with Crippen molar-refractivity contribution in [1.29, 1.82) is 0 Å². The Morgan fingerprint density at radius 2 is 2.06 bits per heavy atom. The molecule has 5 heteroatoms. The summed E-state index contributed by atoms with van der Waals surface area (Å²) < 4.78 is 1.88. The summed E-state index contributed by atoms with van der Waals surface area (Å²) in [5, 5.41) is 7.68. The SMILES string of the molecule is Cn1nc(-c2ccncc2)nc1C1CNC1. The lowest BCUT2D eigenvalue weighted by Crippen LogP contribution is -2.41. The summed E-state index contributed by atoms with van der Waals surface area (Å²) in [6.45, 7) is 2.00. The number of aryl methyl sites for hydroxylation is 1. The van der Waals surface area contributed by atoms with Gasteiger partial charge in [-0.2, -0.15) is 5.10 Å². The first-order valence-corrected chi connectivity index (χ1v) is 5.36. The molecule has 0 unspecified atom stereocenters. The molecule has 2 aromatic heterocycles. The fourth-order valence-electron chi connectivity index (χ4n) is 1.85. The van der Waals surface area contributed by atoms with Crippen LogP contribution in [-0.4, -0.2) is 32.8 Å². The van der Waals surface area contributed by atoms with E-state index in [1.165, 1.54) is 0 Å². The van der Waals surface area contributed by atoms with Gasteiger partial charge in [-0.15, -0.1) is 0 Å². The summed E-state index contributed by atoms with van der Waals surface area (Å²) >= 11 is 0. The van der Waals surface area contributed by atoms with E-state index in [4.69, 9.17) is 0 Å². The zero-order valence-electron chi connectivity index (χ0n) is 9.09. The molecule has 0 amide bonds. The van der Waals surface area contributed by atoms with Crippen LogP contribution in [-0.2, 0) is 7.05 Å². The number of pyridine rings is 1. The minimum absolute atomic E-state index is 0.507. The first-order chi connectivity index (χ1) is 7.84. The lowest BCUT2D eigenvalue weighted by Gasteiger charge is -2.25. The largest absolute Gasteiger partial charge is 0.315 e. The summed E-state index contributed by atoms with van der Waals surface area (Å²) in [4.78, 5) is 8.58. The maximum Gasteiger partial charge on any atom is 0.181 e. The summed E-state index contributed by atoms with van der Waals surface area (Å²) in [7, 11) is 1.95. The van der Waals surface area contributed by atoms with E-state index in [0.29, 0.717) is 5.92 Å². The predicted octanol–water partition coefficient (Wildman–Crippen LogP) is 0.564. The van der Waals surface area contributed by atoms with Gasteiger partial charge in [0.15, 0.2) is 5.82 Å². The average Bonchev–Trinajstić information content (AvgIpc) is 2.60. The minimum Gasteiger partial charge on any atom is -0.315 e. The minimum atomic E-state index is 0.507. The predicted molar refractivity (Wildman–Crippen MR) is 59.8 cm³/mol. The molecule has 3 heterocycles. The Bertz CT molecular complexity index is 486. The van der Waals surface area contributed by atoms with Crippen LogP contribution in [0.3, 0.4) is 0 Å². The van der Waals surface area contributed by atoms with Crippen LogP contribution in [0.25, 0.3) is 11.4 Å². The van der Waals surface area contributed by atoms with Crippen molar-refractivity contribution in [1.82, 2.24) is 25.1 Å². The Hall–Kier alpha value is -1.75. The summed E-state index contributed by atoms with van der Waals surface area (Å²) in [6, 6.07) is 3.86. The fourth-order valence-corrected chi connectivity index (χ4v) is 1.85. The van der Waals surface area contributed by atoms with Gasteiger partial charge < -0.3 is 5.32 Å². The zero-order chi connectivity index (χ0) is 11.0. The van der Waals surface area contributed by atoms with Gasteiger partial charge in [-0.25, -0.2) is 4.98 Å². The van der Waals surface area contributed by atoms with Crippen molar-refractivity contribution < 1.29 is 0 Å². The van der Waals surface area contributed by atoms with E-state index in [1.54, 1.807) is 12.4 Å². The van der Waals surface area contributed by atoms with Crippen LogP contribution in [0.4, 0.5) is 0 Å². The first-order valence-electron chi connectivity index (χ1n) is 5.36. The van der Waals surface area contributed by atoms with Crippen molar-refractivity contribution >= 4 is 0 Å². The normalized spacial score (nSPS) is 16.1. The van der Waals surface area contributed by atoms with Gasteiger partial charge in [-0.1, -0.05) is 0 Å². The molecule has 0 spiro atoms. The summed E-state index contributed by atoms with van der Waals surface area (Å²) in [5.41, 5.74) is 1.02. The Labute approximate surface area is 93.5 Å². The molecule has 3 rings (SSSR count). The fraction of sp³-hybridized carbons (Fsp3) is 0.364. The highest BCUT2D eigenvalue weighted by molar-refractivity contribution is 5.53. The van der Waals surface area contributed by atoms with E-state index >= 15 is 0 Å². The van der Waals surface area contributed by atoms with E-state index < -0.39 is 0 Å². The van der Waals surface area contributed by atoms with Crippen LogP contribution >= 0.6 is 0 Å². The number of aromatic nitrogens is 4. The van der Waals surface area contributed by atoms with Crippen LogP contribution in [0.15, 0.2) is 24.5 Å². The number of hydrogen-bond donors (Lipinski definition) is 1. The summed E-state index contributed by atoms with van der Waals surface area (Å²) in [6.07, 6.45) is 3.52. The monoisotopic (exact) mass is 215 g/mol. The van der Waals surface area contributed by atoms with Gasteiger partial charge in [0.25, 0.3) is 0 Å². The van der Waals surface area contributed by atoms with Gasteiger partial charge in [-0.05, 0) is 12.1 Å². The van der Waals surface area contributed by atoms with E-state index in [1.807, 2.05) is 23.9 Å². The molecule has 0 radical (unpaired) electrons. The second-order valence-corrected chi connectivity index (χ2v) is 4.01. The van der Waals surface area contributed by atoms with E-state index in [2.05, 4.69) is 20.4 Å². The van der Waals surface area contributed by atoms with Gasteiger partial charge in [0.2, 0.25) is 0 Å². The second-order valence-electron chi connectivity index (χ2n) is 4.01. The van der Waals surface area contributed by atoms with Crippen molar-refractivity contribution in [3.63, 3.8) is 0 Å². The van der Waals surface area contributed by atoms with Gasteiger partial charge >= 0.3 is 0 Å². The lowest BCUT2D eigenvalue weighted by atomic mass is 10.0. The van der Waals surface area contributed by atoms with Crippen LogP contribution in [0, 0.1) is 0 Å². The third-order valence-corrected chi connectivity index (χ3v) is 2.88. The van der Waals surface area contributed by atoms with Gasteiger partial charge in [-0.3, -0.25) is 9.67 Å². The molecule has 2 aromatic rings. The van der Waals surface area contributed by atoms with Crippen LogP contribution in [0.5, 0.6) is 0 Å². The molecule has 1 N–H and O–H groups in total. The van der Waals surface area contributed by atoms with Crippen molar-refractivity contribution in [3.8, 4) is 11.4 Å². The molecule has 16 heavy (non-hydrogen) atoms. The molecule has 82 valence electrons. The molecule has 0 atom stereocenters. The Balaban J connectivity index is 1.97. The zero-order valence-corrected chi connectivity index (χ0v) is 9.09. The Morgan fingerprint density at radius 3 is 2.69 bits per heavy atom. The maximum absolute atomic E-state index is 4.59. The quantitative estimate of drug-likeness (QED) is 0.795. The number of hydrogen-bond acceptors (Lipinski definition) is 4. The molecule has 0 saturated carbocycles. The smallest absolute Gasteiger partial charge is 0.181 e. The molecular weight excluding hydrogens is 202 g/mol. The number of nitrogens with one attached hydrogen (secondary N) is 1.